The van der Waals surface area contributed by atoms with Gasteiger partial charge in [0.1, 0.15) is 5.82 Å². The van der Waals surface area contributed by atoms with E-state index in [-0.39, 0.29) is 20.4 Å². The van der Waals surface area contributed by atoms with Crippen LogP contribution in [0.5, 0.6) is 11.5 Å². The molecule has 0 unspecified atom stereocenters. The third-order valence-corrected chi connectivity index (χ3v) is 8.66. The van der Waals surface area contributed by atoms with Crippen LogP contribution in [0.3, 0.4) is 0 Å². The first kappa shape index (κ1) is 32.3. The molecule has 0 aliphatic rings. The Morgan fingerprint density at radius 1 is 0.787 bits per heavy atom. The number of aryl methyl sites for hydroxylation is 4. The van der Waals surface area contributed by atoms with E-state index in [1.165, 1.54) is 27.9 Å². The summed E-state index contributed by atoms with van der Waals surface area (Å²) >= 11 is 0. The van der Waals surface area contributed by atoms with Crippen molar-refractivity contribution in [3.63, 3.8) is 0 Å². The summed E-state index contributed by atoms with van der Waals surface area (Å²) in [5.41, 5.74) is 12.3. The fourth-order valence-corrected chi connectivity index (χ4v) is 6.57. The Hall–Kier alpha value is -4.70. The number of rotatable bonds is 7. The predicted molar refractivity (Wildman–Crippen MR) is 188 cm³/mol. The van der Waals surface area contributed by atoms with Crippen molar-refractivity contribution in [3.8, 4) is 34.1 Å². The second kappa shape index (κ2) is 12.8. The van der Waals surface area contributed by atoms with Gasteiger partial charge in [0.15, 0.2) is 0 Å². The van der Waals surface area contributed by atoms with E-state index in [1.54, 1.807) is 0 Å². The molecule has 0 N–H and O–H groups in total. The minimum atomic E-state index is 0. The Labute approximate surface area is 290 Å². The van der Waals surface area contributed by atoms with Crippen LogP contribution in [0.25, 0.3) is 44.4 Å². The van der Waals surface area contributed by atoms with E-state index in [9.17, 15) is 0 Å². The average molecular weight is 710 g/mol. The van der Waals surface area contributed by atoms with Crippen LogP contribution >= 0.6 is 0 Å². The molecule has 0 fully saturated rings. The minimum absolute atomic E-state index is 0. The van der Waals surface area contributed by atoms with E-state index in [2.05, 4.69) is 119 Å². The minimum Gasteiger partial charge on any atom is -0.509 e. The molecular weight excluding hydrogens is 673 g/mol. The van der Waals surface area contributed by atoms with Gasteiger partial charge < -0.3 is 14.2 Å². The van der Waals surface area contributed by atoms with Crippen LogP contribution in [-0.4, -0.2) is 33.4 Å². The van der Waals surface area contributed by atoms with E-state index in [0.717, 1.165) is 56.7 Å². The molecule has 7 aromatic rings. The van der Waals surface area contributed by atoms with E-state index in [0.29, 0.717) is 11.5 Å². The third-order valence-electron chi connectivity index (χ3n) is 8.66. The molecule has 3 heterocycles. The van der Waals surface area contributed by atoms with Crippen molar-refractivity contribution in [2.75, 3.05) is 19.0 Å². The Kier molecular flexibility index (Phi) is 8.81. The van der Waals surface area contributed by atoms with Crippen molar-refractivity contribution in [2.24, 2.45) is 0 Å². The Morgan fingerprint density at radius 2 is 1.53 bits per heavy atom. The van der Waals surface area contributed by atoms with Gasteiger partial charge in [-0.15, -0.1) is 35.7 Å². The Morgan fingerprint density at radius 3 is 2.26 bits per heavy atom. The van der Waals surface area contributed by atoms with Gasteiger partial charge in [0.2, 0.25) is 0 Å². The molecule has 0 radical (unpaired) electrons. The molecule has 0 aliphatic heterocycles. The van der Waals surface area contributed by atoms with Gasteiger partial charge in [0, 0.05) is 54.3 Å². The molecule has 238 valence electrons. The summed E-state index contributed by atoms with van der Waals surface area (Å²) in [5, 5.41) is 7.28. The number of anilines is 1. The normalized spacial score (nSPS) is 11.2. The van der Waals surface area contributed by atoms with Crippen molar-refractivity contribution in [1.82, 2.24) is 19.3 Å². The SMILES string of the molecule is CCc1c(-c2c(C)cc(N(C)C)cc2C)c(C)nn1-c1[c-]c(Oc2[c-]c3c(cc2)c2ccccc2n3-c2cc(C)ccn2)ccc1.[Pd+2]. The zero-order valence-corrected chi connectivity index (χ0v) is 29.3. The summed E-state index contributed by atoms with van der Waals surface area (Å²) in [6.07, 6.45) is 2.67. The first-order valence-corrected chi connectivity index (χ1v) is 15.7. The quantitative estimate of drug-likeness (QED) is 0.122. The number of hydrogen-bond donors (Lipinski definition) is 0. The number of hydrogen-bond acceptors (Lipinski definition) is 4. The van der Waals surface area contributed by atoms with Crippen LogP contribution in [0.1, 0.15) is 35.0 Å². The second-order valence-corrected chi connectivity index (χ2v) is 12.2. The van der Waals surface area contributed by atoms with Gasteiger partial charge in [-0.3, -0.25) is 4.68 Å². The van der Waals surface area contributed by atoms with Crippen LogP contribution in [-0.2, 0) is 26.8 Å². The van der Waals surface area contributed by atoms with Crippen LogP contribution < -0.4 is 9.64 Å². The molecule has 7 rings (SSSR count). The number of fused-ring (bicyclic) bond motifs is 3. The fraction of sp³-hybridized carbons (Fsp3) is 0.200. The number of benzene rings is 4. The summed E-state index contributed by atoms with van der Waals surface area (Å²) in [5.74, 6) is 2.06. The first-order chi connectivity index (χ1) is 22.2. The zero-order valence-electron chi connectivity index (χ0n) is 27.8. The van der Waals surface area contributed by atoms with Gasteiger partial charge in [0.05, 0.1) is 5.69 Å². The smallest absolute Gasteiger partial charge is 0.509 e. The zero-order chi connectivity index (χ0) is 32.1. The third kappa shape index (κ3) is 5.75. The van der Waals surface area contributed by atoms with Crippen LogP contribution in [0, 0.1) is 39.8 Å². The molecule has 0 spiro atoms. The maximum Gasteiger partial charge on any atom is 2.00 e. The number of para-hydroxylation sites is 1. The molecule has 0 bridgehead atoms. The van der Waals surface area contributed by atoms with Crippen molar-refractivity contribution >= 4 is 27.5 Å². The van der Waals surface area contributed by atoms with Gasteiger partial charge in [0.25, 0.3) is 0 Å². The molecule has 0 saturated heterocycles. The average Bonchev–Trinajstić information content (AvgIpc) is 3.54. The Balaban J connectivity index is 0.00000386. The van der Waals surface area contributed by atoms with Crippen LogP contribution in [0.4, 0.5) is 5.69 Å². The Bertz CT molecular complexity index is 2240. The number of nitrogens with zero attached hydrogens (tertiary/aromatic N) is 5. The van der Waals surface area contributed by atoms with Gasteiger partial charge >= 0.3 is 20.4 Å². The summed E-state index contributed by atoms with van der Waals surface area (Å²) in [6, 6.07) is 34.0. The van der Waals surface area contributed by atoms with Crippen molar-refractivity contribution in [2.45, 2.75) is 41.0 Å². The van der Waals surface area contributed by atoms with E-state index >= 15 is 0 Å². The van der Waals surface area contributed by atoms with Gasteiger partial charge in [-0.25, -0.2) is 4.98 Å². The second-order valence-electron chi connectivity index (χ2n) is 12.2. The molecule has 0 saturated carbocycles. The monoisotopic (exact) mass is 709 g/mol. The predicted octanol–water partition coefficient (Wildman–Crippen LogP) is 9.28. The molecular formula is C40H37N5OPd. The molecule has 0 amide bonds. The van der Waals surface area contributed by atoms with Crippen LogP contribution in [0.2, 0.25) is 0 Å². The fourth-order valence-electron chi connectivity index (χ4n) is 6.57. The van der Waals surface area contributed by atoms with E-state index in [4.69, 9.17) is 14.8 Å². The van der Waals surface area contributed by atoms with E-state index in [1.807, 2.05) is 41.2 Å². The maximum absolute atomic E-state index is 6.44. The van der Waals surface area contributed by atoms with E-state index < -0.39 is 0 Å². The molecule has 47 heavy (non-hydrogen) atoms. The van der Waals surface area contributed by atoms with Gasteiger partial charge in [-0.1, -0.05) is 30.6 Å². The number of aromatic nitrogens is 4. The largest absolute Gasteiger partial charge is 2.00 e. The topological polar surface area (TPSA) is 48.1 Å². The van der Waals surface area contributed by atoms with Crippen molar-refractivity contribution in [3.05, 3.63) is 125 Å². The summed E-state index contributed by atoms with van der Waals surface area (Å²) in [4.78, 5) is 6.84. The molecule has 0 aliphatic carbocycles. The van der Waals surface area contributed by atoms with Gasteiger partial charge in [-0.2, -0.15) is 17.2 Å². The molecule has 0 atom stereocenters. The van der Waals surface area contributed by atoms with Gasteiger partial charge in [-0.05, 0) is 97.8 Å². The molecule has 7 heteroatoms. The maximum atomic E-state index is 6.44. The van der Waals surface area contributed by atoms with Crippen LogP contribution in [0.15, 0.2) is 85.1 Å². The molecule has 6 nitrogen and oxygen atoms in total. The standard InChI is InChI=1S/C40H37N5O.Pd/c1-8-35-40(39-26(3)21-30(43(6)7)22-27(39)4)28(5)42-45(35)29-12-11-13-31(23-29)46-32-16-17-34-33-14-9-10-15-36(33)44(37(34)24-32)38-20-25(2)18-19-41-38;/h9-22H,8H2,1-7H3;/q-2;+2. The van der Waals surface area contributed by atoms with Crippen molar-refractivity contribution in [1.29, 1.82) is 0 Å². The molecule has 3 aromatic heterocycles. The summed E-state index contributed by atoms with van der Waals surface area (Å²) in [6.45, 7) is 10.7. The number of pyridine rings is 1. The summed E-state index contributed by atoms with van der Waals surface area (Å²) in [7, 11) is 4.16. The summed E-state index contributed by atoms with van der Waals surface area (Å²) < 4.78 is 10.6. The molecule has 4 aromatic carbocycles. The van der Waals surface area contributed by atoms with Crippen molar-refractivity contribution < 1.29 is 25.2 Å². The first-order valence-electron chi connectivity index (χ1n) is 15.7. The number of ether oxygens (including phenoxy) is 1.